The van der Waals surface area contributed by atoms with E-state index in [9.17, 15) is 4.79 Å². The van der Waals surface area contributed by atoms with Gasteiger partial charge in [0.2, 0.25) is 0 Å². The minimum atomic E-state index is 0.401. The number of piperidine rings is 1. The average molecular weight is 273 g/mol. The van der Waals surface area contributed by atoms with Crippen LogP contribution in [-0.2, 0) is 11.3 Å². The first-order chi connectivity index (χ1) is 9.81. The number of nitrogens with zero attached hydrogens (tertiary/aromatic N) is 2. The number of Topliss-reactive ketones (excluding diaryl/α,β-unsaturated/α-hetero) is 1. The van der Waals surface area contributed by atoms with Crippen molar-refractivity contribution in [1.29, 1.82) is 0 Å². The van der Waals surface area contributed by atoms with Crippen molar-refractivity contribution >= 4 is 11.5 Å². The Labute approximate surface area is 120 Å². The number of benzene rings is 1. The molecule has 0 bridgehead atoms. The molecule has 1 aromatic carbocycles. The first-order valence-electron chi connectivity index (χ1n) is 7.60. The molecule has 20 heavy (non-hydrogen) atoms. The molecular weight excluding hydrogens is 250 g/mol. The molecule has 0 aliphatic carbocycles. The Morgan fingerprint density at radius 3 is 2.55 bits per heavy atom. The second-order valence-corrected chi connectivity index (χ2v) is 5.72. The second kappa shape index (κ2) is 6.37. The molecule has 2 saturated heterocycles. The summed E-state index contributed by atoms with van der Waals surface area (Å²) in [6.07, 6.45) is 1.39. The van der Waals surface area contributed by atoms with Crippen molar-refractivity contribution in [1.82, 2.24) is 10.2 Å². The van der Waals surface area contributed by atoms with E-state index in [-0.39, 0.29) is 0 Å². The van der Waals surface area contributed by atoms with Crippen LogP contribution in [0.4, 0.5) is 5.69 Å². The van der Waals surface area contributed by atoms with E-state index in [0.717, 1.165) is 45.8 Å². The van der Waals surface area contributed by atoms with Crippen LogP contribution in [0.2, 0.25) is 0 Å². The van der Waals surface area contributed by atoms with Gasteiger partial charge in [-0.15, -0.1) is 0 Å². The Balaban J connectivity index is 1.64. The predicted octanol–water partition coefficient (Wildman–Crippen LogP) is 1.26. The van der Waals surface area contributed by atoms with Gasteiger partial charge in [0.05, 0.1) is 0 Å². The topological polar surface area (TPSA) is 35.6 Å². The first kappa shape index (κ1) is 13.6. The minimum Gasteiger partial charge on any atom is -0.371 e. The molecule has 0 spiro atoms. The molecule has 3 rings (SSSR count). The van der Waals surface area contributed by atoms with E-state index in [2.05, 4.69) is 39.4 Å². The normalized spacial score (nSPS) is 21.2. The maximum absolute atomic E-state index is 11.3. The Morgan fingerprint density at radius 2 is 1.80 bits per heavy atom. The Bertz CT molecular complexity index is 459. The van der Waals surface area contributed by atoms with Crippen molar-refractivity contribution in [3.05, 3.63) is 29.8 Å². The number of piperazine rings is 1. The van der Waals surface area contributed by atoms with Crippen LogP contribution in [0.25, 0.3) is 0 Å². The molecule has 4 nitrogen and oxygen atoms in total. The van der Waals surface area contributed by atoms with Crippen molar-refractivity contribution in [2.75, 3.05) is 44.2 Å². The molecule has 2 heterocycles. The van der Waals surface area contributed by atoms with Gasteiger partial charge in [-0.05, 0) is 17.7 Å². The third kappa shape index (κ3) is 3.38. The highest BCUT2D eigenvalue weighted by Crippen LogP contribution is 2.20. The van der Waals surface area contributed by atoms with E-state index in [1.165, 1.54) is 11.3 Å². The van der Waals surface area contributed by atoms with Gasteiger partial charge in [-0.25, -0.2) is 0 Å². The maximum atomic E-state index is 11.3. The third-order valence-corrected chi connectivity index (χ3v) is 4.21. The summed E-state index contributed by atoms with van der Waals surface area (Å²) in [6.45, 7) is 7.21. The zero-order valence-electron chi connectivity index (χ0n) is 12.0. The summed E-state index contributed by atoms with van der Waals surface area (Å²) >= 11 is 0. The molecule has 1 N–H and O–H groups in total. The standard InChI is InChI=1S/C16H23N3O/c20-16-4-8-19(9-5-16)15-3-1-2-14(12-15)13-18-10-6-17-7-11-18/h1-3,12,17H,4-11,13H2. The van der Waals surface area contributed by atoms with E-state index in [1.807, 2.05) is 0 Å². The van der Waals surface area contributed by atoms with Crippen LogP contribution < -0.4 is 10.2 Å². The molecule has 4 heteroatoms. The SMILES string of the molecule is O=C1CCN(c2cccc(CN3CCNCC3)c2)CC1. The third-order valence-electron chi connectivity index (χ3n) is 4.21. The number of carbonyl (C=O) groups is 1. The lowest BCUT2D eigenvalue weighted by atomic mass is 10.1. The van der Waals surface area contributed by atoms with Crippen LogP contribution in [0.15, 0.2) is 24.3 Å². The van der Waals surface area contributed by atoms with Gasteiger partial charge in [0, 0.05) is 64.3 Å². The maximum Gasteiger partial charge on any atom is 0.136 e. The van der Waals surface area contributed by atoms with Crippen LogP contribution in [0.3, 0.4) is 0 Å². The van der Waals surface area contributed by atoms with Gasteiger partial charge < -0.3 is 10.2 Å². The highest BCUT2D eigenvalue weighted by atomic mass is 16.1. The zero-order valence-corrected chi connectivity index (χ0v) is 12.0. The van der Waals surface area contributed by atoms with Gasteiger partial charge in [0.15, 0.2) is 0 Å². The molecule has 0 amide bonds. The molecule has 2 aliphatic heterocycles. The van der Waals surface area contributed by atoms with Gasteiger partial charge in [-0.3, -0.25) is 9.69 Å². The van der Waals surface area contributed by atoms with E-state index in [0.29, 0.717) is 18.6 Å². The molecule has 0 radical (unpaired) electrons. The molecule has 0 unspecified atom stereocenters. The fraction of sp³-hybridized carbons (Fsp3) is 0.562. The molecule has 2 fully saturated rings. The molecule has 2 aliphatic rings. The van der Waals surface area contributed by atoms with E-state index in [4.69, 9.17) is 0 Å². The fourth-order valence-electron chi connectivity index (χ4n) is 2.99. The smallest absolute Gasteiger partial charge is 0.136 e. The van der Waals surface area contributed by atoms with Crippen LogP contribution in [0.5, 0.6) is 0 Å². The average Bonchev–Trinajstić information content (AvgIpc) is 2.49. The van der Waals surface area contributed by atoms with Crippen molar-refractivity contribution in [2.45, 2.75) is 19.4 Å². The summed E-state index contributed by atoms with van der Waals surface area (Å²) in [5, 5.41) is 3.39. The van der Waals surface area contributed by atoms with Gasteiger partial charge in [0.25, 0.3) is 0 Å². The van der Waals surface area contributed by atoms with Gasteiger partial charge in [-0.1, -0.05) is 12.1 Å². The first-order valence-corrected chi connectivity index (χ1v) is 7.60. The number of carbonyl (C=O) groups excluding carboxylic acids is 1. The van der Waals surface area contributed by atoms with Crippen molar-refractivity contribution in [3.63, 3.8) is 0 Å². The number of hydrogen-bond acceptors (Lipinski definition) is 4. The summed E-state index contributed by atoms with van der Waals surface area (Å²) in [5.74, 6) is 0.401. The number of nitrogens with one attached hydrogen (secondary N) is 1. The number of rotatable bonds is 3. The van der Waals surface area contributed by atoms with Crippen molar-refractivity contribution in [2.24, 2.45) is 0 Å². The van der Waals surface area contributed by atoms with Crippen LogP contribution in [0.1, 0.15) is 18.4 Å². The minimum absolute atomic E-state index is 0.401. The highest BCUT2D eigenvalue weighted by Gasteiger charge is 2.17. The van der Waals surface area contributed by atoms with E-state index < -0.39 is 0 Å². The lowest BCUT2D eigenvalue weighted by molar-refractivity contribution is -0.119. The second-order valence-electron chi connectivity index (χ2n) is 5.72. The van der Waals surface area contributed by atoms with Crippen molar-refractivity contribution in [3.8, 4) is 0 Å². The molecular formula is C16H23N3O. The number of anilines is 1. The van der Waals surface area contributed by atoms with E-state index in [1.54, 1.807) is 0 Å². The number of hydrogen-bond donors (Lipinski definition) is 1. The molecule has 1 aromatic rings. The van der Waals surface area contributed by atoms with Gasteiger partial charge in [0.1, 0.15) is 5.78 Å². The Hall–Kier alpha value is -1.39. The highest BCUT2D eigenvalue weighted by molar-refractivity contribution is 5.81. The lowest BCUT2D eigenvalue weighted by Gasteiger charge is -2.30. The summed E-state index contributed by atoms with van der Waals surface area (Å²) in [6, 6.07) is 8.80. The zero-order chi connectivity index (χ0) is 13.8. The molecule has 0 aromatic heterocycles. The summed E-state index contributed by atoms with van der Waals surface area (Å²) < 4.78 is 0. The van der Waals surface area contributed by atoms with Crippen LogP contribution >= 0.6 is 0 Å². The van der Waals surface area contributed by atoms with Crippen molar-refractivity contribution < 1.29 is 4.79 Å². The molecule has 108 valence electrons. The Kier molecular flexibility index (Phi) is 4.33. The van der Waals surface area contributed by atoms with Crippen LogP contribution in [-0.4, -0.2) is 50.0 Å². The lowest BCUT2D eigenvalue weighted by Crippen LogP contribution is -2.42. The predicted molar refractivity (Wildman–Crippen MR) is 81.0 cm³/mol. The van der Waals surface area contributed by atoms with Gasteiger partial charge >= 0.3 is 0 Å². The van der Waals surface area contributed by atoms with Gasteiger partial charge in [-0.2, -0.15) is 0 Å². The Morgan fingerprint density at radius 1 is 1.05 bits per heavy atom. The summed E-state index contributed by atoms with van der Waals surface area (Å²) in [5.41, 5.74) is 2.64. The quantitative estimate of drug-likeness (QED) is 0.899. The fourth-order valence-corrected chi connectivity index (χ4v) is 2.99. The summed E-state index contributed by atoms with van der Waals surface area (Å²) in [4.78, 5) is 16.2. The van der Waals surface area contributed by atoms with E-state index >= 15 is 0 Å². The van der Waals surface area contributed by atoms with Crippen LogP contribution in [0, 0.1) is 0 Å². The molecule has 0 saturated carbocycles. The largest absolute Gasteiger partial charge is 0.371 e. The molecule has 0 atom stereocenters. The summed E-state index contributed by atoms with van der Waals surface area (Å²) in [7, 11) is 0. The number of ketones is 1. The monoisotopic (exact) mass is 273 g/mol.